The SMILES string of the molecule is CCOC(=O)C1=C(Cn2ncc(Cl)c(Cl)c2=O)NC(=O)NC1c1ccc(C)o1. The van der Waals surface area contributed by atoms with Gasteiger partial charge in [-0.3, -0.25) is 4.79 Å². The molecule has 2 aromatic rings. The molecule has 2 aromatic heterocycles. The molecule has 0 bridgehead atoms. The minimum absolute atomic E-state index is 0.000737. The molecule has 0 saturated heterocycles. The van der Waals surface area contributed by atoms with Gasteiger partial charge in [0.15, 0.2) is 0 Å². The van der Waals surface area contributed by atoms with Crippen LogP contribution in [0.25, 0.3) is 0 Å². The quantitative estimate of drug-likeness (QED) is 0.708. The molecule has 1 unspecified atom stereocenters. The van der Waals surface area contributed by atoms with Crippen LogP contribution in [0.2, 0.25) is 10.0 Å². The number of carbonyl (C=O) groups excluding carboxylic acids is 2. The summed E-state index contributed by atoms with van der Waals surface area (Å²) in [6.45, 7) is 3.29. The molecule has 1 aliphatic heterocycles. The van der Waals surface area contributed by atoms with Gasteiger partial charge in [0.05, 0.1) is 35.6 Å². The van der Waals surface area contributed by atoms with E-state index in [0.29, 0.717) is 11.5 Å². The summed E-state index contributed by atoms with van der Waals surface area (Å²) in [7, 11) is 0. The molecule has 148 valence electrons. The second kappa shape index (κ2) is 8.07. The highest BCUT2D eigenvalue weighted by Gasteiger charge is 2.35. The minimum Gasteiger partial charge on any atom is -0.464 e. The number of urea groups is 1. The Bertz CT molecular complexity index is 1030. The van der Waals surface area contributed by atoms with Crippen LogP contribution in [0.3, 0.4) is 0 Å². The van der Waals surface area contributed by atoms with Crippen molar-refractivity contribution in [2.45, 2.75) is 26.4 Å². The van der Waals surface area contributed by atoms with Crippen LogP contribution in [-0.4, -0.2) is 28.4 Å². The van der Waals surface area contributed by atoms with E-state index in [4.69, 9.17) is 32.4 Å². The highest BCUT2D eigenvalue weighted by atomic mass is 35.5. The highest BCUT2D eigenvalue weighted by Crippen LogP contribution is 2.29. The topological polar surface area (TPSA) is 115 Å². The second-order valence-corrected chi connectivity index (χ2v) is 6.65. The zero-order valence-corrected chi connectivity index (χ0v) is 16.4. The van der Waals surface area contributed by atoms with Crippen LogP contribution >= 0.6 is 23.2 Å². The number of carbonyl (C=O) groups is 2. The largest absolute Gasteiger partial charge is 0.464 e. The summed E-state index contributed by atoms with van der Waals surface area (Å²) in [6, 6.07) is 1.88. The van der Waals surface area contributed by atoms with E-state index in [0.717, 1.165) is 4.68 Å². The van der Waals surface area contributed by atoms with E-state index in [1.807, 2.05) is 0 Å². The number of aromatic nitrogens is 2. The maximum Gasteiger partial charge on any atom is 0.338 e. The van der Waals surface area contributed by atoms with Crippen molar-refractivity contribution in [3.05, 3.63) is 61.5 Å². The molecule has 3 rings (SSSR count). The van der Waals surface area contributed by atoms with Crippen LogP contribution < -0.4 is 16.2 Å². The van der Waals surface area contributed by atoms with Crippen LogP contribution in [0.15, 0.2) is 38.8 Å². The Balaban J connectivity index is 2.11. The lowest BCUT2D eigenvalue weighted by Gasteiger charge is -2.28. The highest BCUT2D eigenvalue weighted by molar-refractivity contribution is 6.41. The molecule has 3 heterocycles. The second-order valence-electron chi connectivity index (χ2n) is 5.86. The van der Waals surface area contributed by atoms with Crippen molar-refractivity contribution in [3.8, 4) is 0 Å². The molecule has 0 aromatic carbocycles. The number of furan rings is 1. The van der Waals surface area contributed by atoms with E-state index in [-0.39, 0.29) is 34.5 Å². The van der Waals surface area contributed by atoms with Gasteiger partial charge in [0.25, 0.3) is 5.56 Å². The maximum atomic E-state index is 12.6. The first-order valence-corrected chi connectivity index (χ1v) is 9.02. The van der Waals surface area contributed by atoms with E-state index in [1.165, 1.54) is 6.20 Å². The zero-order valence-electron chi connectivity index (χ0n) is 14.9. The predicted octanol–water partition coefficient (Wildman–Crippen LogP) is 2.32. The summed E-state index contributed by atoms with van der Waals surface area (Å²) in [6.07, 6.45) is 1.20. The van der Waals surface area contributed by atoms with E-state index in [1.54, 1.807) is 26.0 Å². The summed E-state index contributed by atoms with van der Waals surface area (Å²) in [5, 5.41) is 8.85. The molecule has 2 N–H and O–H groups in total. The molecule has 0 radical (unpaired) electrons. The Hall–Kier alpha value is -2.78. The number of esters is 1. The maximum absolute atomic E-state index is 12.6. The number of rotatable bonds is 5. The summed E-state index contributed by atoms with van der Waals surface area (Å²) in [5.74, 6) is 0.286. The van der Waals surface area contributed by atoms with Crippen molar-refractivity contribution in [2.24, 2.45) is 0 Å². The first kappa shape index (κ1) is 20.0. The van der Waals surface area contributed by atoms with Crippen molar-refractivity contribution in [1.29, 1.82) is 0 Å². The predicted molar refractivity (Wildman–Crippen MR) is 100 cm³/mol. The van der Waals surface area contributed by atoms with Gasteiger partial charge in [-0.15, -0.1) is 0 Å². The molecule has 0 fully saturated rings. The van der Waals surface area contributed by atoms with Gasteiger partial charge in [-0.1, -0.05) is 23.2 Å². The molecular weight excluding hydrogens is 411 g/mol. The first-order chi connectivity index (χ1) is 13.3. The fraction of sp³-hybridized carbons (Fsp3) is 0.294. The van der Waals surface area contributed by atoms with Crippen molar-refractivity contribution < 1.29 is 18.7 Å². The van der Waals surface area contributed by atoms with Crippen LogP contribution in [0.5, 0.6) is 0 Å². The number of nitrogens with one attached hydrogen (secondary N) is 2. The van der Waals surface area contributed by atoms with E-state index >= 15 is 0 Å². The molecule has 0 saturated carbocycles. The van der Waals surface area contributed by atoms with Crippen molar-refractivity contribution in [3.63, 3.8) is 0 Å². The van der Waals surface area contributed by atoms with Crippen molar-refractivity contribution in [2.75, 3.05) is 6.61 Å². The van der Waals surface area contributed by atoms with E-state index in [9.17, 15) is 14.4 Å². The van der Waals surface area contributed by atoms with Gasteiger partial charge in [-0.2, -0.15) is 5.10 Å². The molecule has 0 spiro atoms. The zero-order chi connectivity index (χ0) is 20.4. The van der Waals surface area contributed by atoms with Crippen LogP contribution in [0.1, 0.15) is 24.5 Å². The Labute approximate surface area is 169 Å². The molecular formula is C17H16Cl2N4O5. The van der Waals surface area contributed by atoms with Crippen LogP contribution in [0, 0.1) is 6.92 Å². The van der Waals surface area contributed by atoms with Crippen molar-refractivity contribution in [1.82, 2.24) is 20.4 Å². The smallest absolute Gasteiger partial charge is 0.338 e. The number of ether oxygens (including phenoxy) is 1. The molecule has 9 nitrogen and oxygen atoms in total. The lowest BCUT2D eigenvalue weighted by atomic mass is 10.00. The summed E-state index contributed by atoms with van der Waals surface area (Å²) >= 11 is 11.7. The Morgan fingerprint density at radius 1 is 1.36 bits per heavy atom. The number of aryl methyl sites for hydroxylation is 1. The summed E-state index contributed by atoms with van der Waals surface area (Å²) in [4.78, 5) is 37.1. The number of nitrogens with zero attached hydrogens (tertiary/aromatic N) is 2. The Morgan fingerprint density at radius 2 is 2.11 bits per heavy atom. The van der Waals surface area contributed by atoms with Gasteiger partial charge in [-0.25, -0.2) is 14.3 Å². The molecule has 0 aliphatic carbocycles. The average Bonchev–Trinajstić information content (AvgIpc) is 3.08. The first-order valence-electron chi connectivity index (χ1n) is 8.27. The van der Waals surface area contributed by atoms with Gasteiger partial charge >= 0.3 is 12.0 Å². The van der Waals surface area contributed by atoms with Gasteiger partial charge < -0.3 is 19.8 Å². The standard InChI is InChI=1S/C17H16Cl2N4O5/c1-3-27-16(25)12-10(7-23-15(24)13(19)9(18)6-20-23)21-17(26)22-14(12)11-5-4-8(2)28-11/h4-6,14H,3,7H2,1-2H3,(H2,21,22,26). The minimum atomic E-state index is -0.894. The fourth-order valence-electron chi connectivity index (χ4n) is 2.72. The molecule has 28 heavy (non-hydrogen) atoms. The molecule has 11 heteroatoms. The van der Waals surface area contributed by atoms with Crippen LogP contribution in [0.4, 0.5) is 4.79 Å². The number of hydrogen-bond acceptors (Lipinski definition) is 6. The van der Waals surface area contributed by atoms with Gasteiger partial charge in [0.1, 0.15) is 22.6 Å². The number of hydrogen-bond donors (Lipinski definition) is 2. The van der Waals surface area contributed by atoms with Crippen LogP contribution in [-0.2, 0) is 16.1 Å². The monoisotopic (exact) mass is 426 g/mol. The summed E-state index contributed by atoms with van der Waals surface area (Å²) < 4.78 is 11.7. The normalized spacial score (nSPS) is 16.6. The Kier molecular flexibility index (Phi) is 5.76. The molecule has 1 aliphatic rings. The average molecular weight is 427 g/mol. The van der Waals surface area contributed by atoms with E-state index in [2.05, 4.69) is 15.7 Å². The Morgan fingerprint density at radius 3 is 2.75 bits per heavy atom. The summed E-state index contributed by atoms with van der Waals surface area (Å²) in [5.41, 5.74) is -0.437. The third-order valence-corrected chi connectivity index (χ3v) is 4.69. The number of allylic oxidation sites excluding steroid dienone is 1. The van der Waals surface area contributed by atoms with Gasteiger partial charge in [0, 0.05) is 0 Å². The van der Waals surface area contributed by atoms with E-state index < -0.39 is 23.6 Å². The lowest BCUT2D eigenvalue weighted by Crippen LogP contribution is -2.47. The third kappa shape index (κ3) is 3.90. The third-order valence-electron chi connectivity index (χ3n) is 3.94. The molecule has 2 amide bonds. The van der Waals surface area contributed by atoms with Crippen molar-refractivity contribution >= 4 is 35.2 Å². The lowest BCUT2D eigenvalue weighted by molar-refractivity contribution is -0.139. The molecule has 1 atom stereocenters. The number of amides is 2. The number of halogens is 2. The van der Waals surface area contributed by atoms with Gasteiger partial charge in [-0.05, 0) is 26.0 Å². The van der Waals surface area contributed by atoms with Gasteiger partial charge in [0.2, 0.25) is 0 Å². The fourth-order valence-corrected chi connectivity index (χ4v) is 2.99.